The van der Waals surface area contributed by atoms with Gasteiger partial charge in [0.15, 0.2) is 0 Å². The lowest BCUT2D eigenvalue weighted by molar-refractivity contribution is 0.0925. The van der Waals surface area contributed by atoms with Gasteiger partial charge in [0.25, 0.3) is 17.7 Å². The van der Waals surface area contributed by atoms with E-state index < -0.39 is 17.7 Å². The number of imide groups is 1. The van der Waals surface area contributed by atoms with Gasteiger partial charge in [0.2, 0.25) is 0 Å². The second-order valence-electron chi connectivity index (χ2n) is 6.93. The molecular formula is C23H14Br4N2O3. The van der Waals surface area contributed by atoms with Crippen LogP contribution in [0.5, 0.6) is 0 Å². The number of para-hydroxylation sites is 2. The number of halogens is 4. The van der Waals surface area contributed by atoms with Crippen molar-refractivity contribution in [3.8, 4) is 0 Å². The standard InChI is InChI=1S/C23H14Br4N2O3/c1-2-11-7-3-5-9-13(11)28-21(30)12-8-4-6-10-14(12)29-22(31)15-16(23(29)32)18(25)20(27)19(26)17(15)24/h3-10H,2H2,1H3,(H,28,30). The molecule has 3 aromatic rings. The Balaban J connectivity index is 1.79. The van der Waals surface area contributed by atoms with Gasteiger partial charge in [0, 0.05) is 23.6 Å². The van der Waals surface area contributed by atoms with Crippen molar-refractivity contribution in [1.82, 2.24) is 0 Å². The number of hydrogen-bond donors (Lipinski definition) is 1. The smallest absolute Gasteiger partial charge is 0.267 e. The fourth-order valence-corrected chi connectivity index (χ4v) is 6.03. The van der Waals surface area contributed by atoms with E-state index in [1.165, 1.54) is 0 Å². The lowest BCUT2D eigenvalue weighted by Crippen LogP contribution is -2.31. The van der Waals surface area contributed by atoms with Crippen molar-refractivity contribution in [1.29, 1.82) is 0 Å². The van der Waals surface area contributed by atoms with Crippen molar-refractivity contribution >= 4 is 92.8 Å². The Morgan fingerprint density at radius 2 is 1.34 bits per heavy atom. The summed E-state index contributed by atoms with van der Waals surface area (Å²) >= 11 is 13.7. The maximum atomic E-state index is 13.4. The minimum absolute atomic E-state index is 0.219. The van der Waals surface area contributed by atoms with Gasteiger partial charge in [-0.05, 0) is 93.9 Å². The first-order valence-electron chi connectivity index (χ1n) is 9.50. The molecule has 0 saturated heterocycles. The lowest BCUT2D eigenvalue weighted by atomic mass is 10.1. The molecule has 3 aromatic carbocycles. The highest BCUT2D eigenvalue weighted by molar-refractivity contribution is 9.15. The molecule has 1 aliphatic heterocycles. The summed E-state index contributed by atoms with van der Waals surface area (Å²) < 4.78 is 2.13. The van der Waals surface area contributed by atoms with E-state index in [9.17, 15) is 14.4 Å². The highest BCUT2D eigenvalue weighted by atomic mass is 79.9. The second kappa shape index (κ2) is 9.21. The van der Waals surface area contributed by atoms with Crippen molar-refractivity contribution in [2.24, 2.45) is 0 Å². The van der Waals surface area contributed by atoms with E-state index in [1.807, 2.05) is 31.2 Å². The Kier molecular flexibility index (Phi) is 6.72. The normalized spacial score (nSPS) is 12.8. The van der Waals surface area contributed by atoms with Crippen LogP contribution in [0.3, 0.4) is 0 Å². The van der Waals surface area contributed by atoms with Gasteiger partial charge in [-0.15, -0.1) is 0 Å². The third-order valence-electron chi connectivity index (χ3n) is 5.14. The predicted octanol–water partition coefficient (Wildman–Crippen LogP) is 7.35. The summed E-state index contributed by atoms with van der Waals surface area (Å²) in [4.78, 5) is 41.0. The fourth-order valence-electron chi connectivity index (χ4n) is 3.57. The summed E-state index contributed by atoms with van der Waals surface area (Å²) in [6.07, 6.45) is 0.752. The third-order valence-corrected chi connectivity index (χ3v) is 9.91. The van der Waals surface area contributed by atoms with E-state index in [4.69, 9.17) is 0 Å². The van der Waals surface area contributed by atoms with Gasteiger partial charge in [-0.3, -0.25) is 14.4 Å². The number of nitrogens with zero attached hydrogens (tertiary/aromatic N) is 1. The Hall–Kier alpha value is -1.81. The van der Waals surface area contributed by atoms with Crippen LogP contribution in [0.1, 0.15) is 43.6 Å². The van der Waals surface area contributed by atoms with Crippen molar-refractivity contribution in [2.75, 3.05) is 10.2 Å². The third kappa shape index (κ3) is 3.79. The van der Waals surface area contributed by atoms with Crippen LogP contribution in [0, 0.1) is 0 Å². The first kappa shape index (κ1) is 23.4. The van der Waals surface area contributed by atoms with Crippen molar-refractivity contribution < 1.29 is 14.4 Å². The maximum absolute atomic E-state index is 13.4. The Morgan fingerprint density at radius 1 is 0.812 bits per heavy atom. The number of hydrogen-bond acceptors (Lipinski definition) is 3. The van der Waals surface area contributed by atoms with E-state index in [2.05, 4.69) is 69.0 Å². The van der Waals surface area contributed by atoms with Crippen LogP contribution in [0.15, 0.2) is 66.4 Å². The van der Waals surface area contributed by atoms with Crippen LogP contribution in [0.25, 0.3) is 0 Å². The number of amides is 3. The summed E-state index contributed by atoms with van der Waals surface area (Å²) in [6, 6.07) is 14.1. The number of carbonyl (C=O) groups excluding carboxylic acids is 3. The van der Waals surface area contributed by atoms with E-state index in [0.717, 1.165) is 16.9 Å². The highest BCUT2D eigenvalue weighted by Crippen LogP contribution is 2.46. The molecule has 0 spiro atoms. The minimum atomic E-state index is -0.514. The van der Waals surface area contributed by atoms with Crippen LogP contribution in [-0.2, 0) is 6.42 Å². The molecular weight excluding hydrogens is 672 g/mol. The fraction of sp³-hybridized carbons (Fsp3) is 0.0870. The Labute approximate surface area is 218 Å². The molecule has 4 rings (SSSR count). The van der Waals surface area contributed by atoms with Gasteiger partial charge in [0.05, 0.1) is 22.4 Å². The highest BCUT2D eigenvalue weighted by Gasteiger charge is 2.43. The summed E-state index contributed by atoms with van der Waals surface area (Å²) in [5.74, 6) is -1.43. The van der Waals surface area contributed by atoms with Gasteiger partial charge in [-0.25, -0.2) is 4.90 Å². The first-order chi connectivity index (χ1) is 15.3. The number of carbonyl (C=O) groups is 3. The quantitative estimate of drug-likeness (QED) is 0.178. The second-order valence-corrected chi connectivity index (χ2v) is 10.1. The van der Waals surface area contributed by atoms with Crippen molar-refractivity contribution in [3.05, 3.63) is 88.7 Å². The zero-order chi connectivity index (χ0) is 23.2. The minimum Gasteiger partial charge on any atom is -0.322 e. The summed E-state index contributed by atoms with van der Waals surface area (Å²) in [7, 11) is 0. The molecule has 0 aliphatic carbocycles. The molecule has 0 unspecified atom stereocenters. The molecule has 0 fully saturated rings. The molecule has 0 saturated carbocycles. The predicted molar refractivity (Wildman–Crippen MR) is 139 cm³/mol. The summed E-state index contributed by atoms with van der Waals surface area (Å²) in [5, 5.41) is 2.91. The van der Waals surface area contributed by atoms with Gasteiger partial charge < -0.3 is 5.32 Å². The molecule has 0 aromatic heterocycles. The molecule has 0 radical (unpaired) electrons. The Morgan fingerprint density at radius 3 is 1.94 bits per heavy atom. The number of nitrogens with one attached hydrogen (secondary N) is 1. The molecule has 5 nitrogen and oxygen atoms in total. The van der Waals surface area contributed by atoms with Crippen molar-refractivity contribution in [2.45, 2.75) is 13.3 Å². The summed E-state index contributed by atoms with van der Waals surface area (Å²) in [6.45, 7) is 2.00. The molecule has 162 valence electrons. The number of rotatable bonds is 4. The lowest BCUT2D eigenvalue weighted by Gasteiger charge is -2.18. The van der Waals surface area contributed by atoms with Crippen LogP contribution in [-0.4, -0.2) is 17.7 Å². The number of anilines is 2. The average molecular weight is 686 g/mol. The molecule has 32 heavy (non-hydrogen) atoms. The Bertz CT molecular complexity index is 1260. The van der Waals surface area contributed by atoms with E-state index in [1.54, 1.807) is 24.3 Å². The number of fused-ring (bicyclic) bond motifs is 1. The van der Waals surface area contributed by atoms with E-state index in [0.29, 0.717) is 23.6 Å². The van der Waals surface area contributed by atoms with Crippen LogP contribution in [0.2, 0.25) is 0 Å². The average Bonchev–Trinajstić information content (AvgIpc) is 3.06. The zero-order valence-electron chi connectivity index (χ0n) is 16.5. The van der Waals surface area contributed by atoms with E-state index in [-0.39, 0.29) is 22.4 Å². The zero-order valence-corrected chi connectivity index (χ0v) is 22.9. The van der Waals surface area contributed by atoms with Gasteiger partial charge in [-0.1, -0.05) is 37.3 Å². The molecule has 1 heterocycles. The van der Waals surface area contributed by atoms with Crippen LogP contribution >= 0.6 is 63.7 Å². The molecule has 0 bridgehead atoms. The van der Waals surface area contributed by atoms with Gasteiger partial charge in [0.1, 0.15) is 0 Å². The number of aryl methyl sites for hydroxylation is 1. The van der Waals surface area contributed by atoms with Gasteiger partial charge >= 0.3 is 0 Å². The largest absolute Gasteiger partial charge is 0.322 e. The van der Waals surface area contributed by atoms with Crippen molar-refractivity contribution in [3.63, 3.8) is 0 Å². The topological polar surface area (TPSA) is 66.5 Å². The molecule has 3 amide bonds. The monoisotopic (exact) mass is 682 g/mol. The first-order valence-corrected chi connectivity index (χ1v) is 12.7. The number of benzene rings is 3. The summed E-state index contributed by atoms with van der Waals surface area (Å²) in [5.41, 5.74) is 2.57. The van der Waals surface area contributed by atoms with Gasteiger partial charge in [-0.2, -0.15) is 0 Å². The molecule has 0 atom stereocenters. The SMILES string of the molecule is CCc1ccccc1NC(=O)c1ccccc1N1C(=O)c2c(Br)c(Br)c(Br)c(Br)c2C1=O. The maximum Gasteiger partial charge on any atom is 0.267 e. The molecule has 1 N–H and O–H groups in total. The van der Waals surface area contributed by atoms with E-state index >= 15 is 0 Å². The van der Waals surface area contributed by atoms with Crippen LogP contribution < -0.4 is 10.2 Å². The molecule has 1 aliphatic rings. The van der Waals surface area contributed by atoms with Crippen LogP contribution in [0.4, 0.5) is 11.4 Å². The molecule has 9 heteroatoms.